The minimum absolute atomic E-state index is 0. The van der Waals surface area contributed by atoms with E-state index in [1.165, 1.54) is 0 Å². The van der Waals surface area contributed by atoms with Crippen LogP contribution in [0.2, 0.25) is 0 Å². The van der Waals surface area contributed by atoms with Crippen molar-refractivity contribution < 1.29 is 31.8 Å². The molecule has 0 heterocycles. The molecule has 0 unspecified atom stereocenters. The van der Waals surface area contributed by atoms with E-state index in [1.54, 1.807) is 0 Å². The summed E-state index contributed by atoms with van der Waals surface area (Å²) >= 11 is 0. The Hall–Kier alpha value is -0.500. The van der Waals surface area contributed by atoms with Crippen LogP contribution in [0.15, 0.2) is 0 Å². The first-order valence-corrected chi connectivity index (χ1v) is 1.38. The second-order valence-electron chi connectivity index (χ2n) is 0.996. The molecule has 0 aromatic carbocycles. The van der Waals surface area contributed by atoms with Gasteiger partial charge in [0, 0.05) is 0 Å². The minimum atomic E-state index is -6.06. The third-order valence-corrected chi connectivity index (χ3v) is 0.321. The molecule has 0 aromatic rings. The van der Waals surface area contributed by atoms with Gasteiger partial charge in [-0.05, 0) is 0 Å². The molecule has 0 aliphatic rings. The van der Waals surface area contributed by atoms with Gasteiger partial charge in [-0.15, -0.1) is 0 Å². The highest BCUT2D eigenvalue weighted by molar-refractivity contribution is 4.59. The molecular formula is C2H5F6NO. The molecule has 0 aromatic heterocycles. The lowest BCUT2D eigenvalue weighted by molar-refractivity contribution is -0.339. The molecule has 0 bridgehead atoms. The molecule has 0 aliphatic heterocycles. The monoisotopic (exact) mass is 173 g/mol. The van der Waals surface area contributed by atoms with E-state index < -0.39 is 12.4 Å². The van der Waals surface area contributed by atoms with Gasteiger partial charge in [0.05, 0.1) is 0 Å². The molecule has 0 amide bonds. The number of hydrogen-bond donors (Lipinski definition) is 1. The molecule has 0 spiro atoms. The minimum Gasteiger partial charge on any atom is -0.412 e. The quantitative estimate of drug-likeness (QED) is 0.553. The zero-order valence-electron chi connectivity index (χ0n) is 4.47. The van der Waals surface area contributed by atoms with Crippen molar-refractivity contribution in [2.75, 3.05) is 0 Å². The summed E-state index contributed by atoms with van der Waals surface area (Å²) in [6.45, 7) is 0. The van der Waals surface area contributed by atoms with E-state index in [4.69, 9.17) is 0 Å². The average Bonchev–Trinajstić information content (AvgIpc) is 1.25. The van der Waals surface area contributed by atoms with Gasteiger partial charge in [-0.2, -0.15) is 26.3 Å². The van der Waals surface area contributed by atoms with E-state index in [1.807, 2.05) is 0 Å². The first kappa shape index (κ1) is 16.2. The van der Waals surface area contributed by atoms with E-state index in [0.29, 0.717) is 0 Å². The first-order valence-electron chi connectivity index (χ1n) is 1.38. The zero-order valence-corrected chi connectivity index (χ0v) is 4.47. The van der Waals surface area contributed by atoms with Gasteiger partial charge in [0.2, 0.25) is 0 Å². The fraction of sp³-hybridized carbons (Fsp3) is 1.00. The second-order valence-corrected chi connectivity index (χ2v) is 0.996. The van der Waals surface area contributed by atoms with E-state index in [-0.39, 0.29) is 11.6 Å². The molecule has 66 valence electrons. The highest BCUT2D eigenvalue weighted by Gasteiger charge is 2.58. The van der Waals surface area contributed by atoms with Gasteiger partial charge < -0.3 is 11.6 Å². The Kier molecular flexibility index (Phi) is 5.87. The Balaban J connectivity index is -0.000000245. The van der Waals surface area contributed by atoms with Gasteiger partial charge >= 0.3 is 12.4 Å². The van der Waals surface area contributed by atoms with Crippen LogP contribution in [0, 0.1) is 0 Å². The van der Waals surface area contributed by atoms with Crippen molar-refractivity contribution in [1.29, 1.82) is 0 Å². The van der Waals surface area contributed by atoms with Crippen LogP contribution in [0.4, 0.5) is 26.3 Å². The largest absolute Gasteiger partial charge is 0.487 e. The fourth-order valence-corrected chi connectivity index (χ4v) is 0. The SMILES string of the molecule is FC(F)(F)C(F)(F)F.N.O. The van der Waals surface area contributed by atoms with E-state index >= 15 is 0 Å². The van der Waals surface area contributed by atoms with Gasteiger partial charge in [-0.3, -0.25) is 0 Å². The summed E-state index contributed by atoms with van der Waals surface area (Å²) in [5, 5.41) is 0. The summed E-state index contributed by atoms with van der Waals surface area (Å²) in [5.41, 5.74) is 0. The third-order valence-electron chi connectivity index (χ3n) is 0.321. The van der Waals surface area contributed by atoms with Gasteiger partial charge in [0.15, 0.2) is 0 Å². The standard InChI is InChI=1S/C2F6.H3N.H2O/c3-1(4,5)2(6,7)8;;/h;1H3;1H2. The molecule has 0 saturated carbocycles. The zero-order chi connectivity index (χ0) is 7.00. The number of alkyl halides is 6. The third kappa shape index (κ3) is 4.39. The molecule has 0 rings (SSSR count). The van der Waals surface area contributed by atoms with Crippen molar-refractivity contribution in [1.82, 2.24) is 6.15 Å². The summed E-state index contributed by atoms with van der Waals surface area (Å²) in [6, 6.07) is 0. The molecule has 5 N–H and O–H groups in total. The van der Waals surface area contributed by atoms with Crippen molar-refractivity contribution >= 4 is 0 Å². The van der Waals surface area contributed by atoms with Crippen molar-refractivity contribution in [3.8, 4) is 0 Å². The van der Waals surface area contributed by atoms with Crippen LogP contribution in [0.25, 0.3) is 0 Å². The second kappa shape index (κ2) is 3.62. The molecule has 10 heavy (non-hydrogen) atoms. The number of rotatable bonds is 0. The Labute approximate surface area is 51.7 Å². The van der Waals surface area contributed by atoms with E-state index in [9.17, 15) is 26.3 Å². The van der Waals surface area contributed by atoms with Gasteiger partial charge in [0.25, 0.3) is 0 Å². The Morgan fingerprint density at radius 1 is 0.600 bits per heavy atom. The maximum Gasteiger partial charge on any atom is 0.487 e. The molecule has 0 aliphatic carbocycles. The Morgan fingerprint density at radius 2 is 0.700 bits per heavy atom. The maximum absolute atomic E-state index is 10.4. The smallest absolute Gasteiger partial charge is 0.412 e. The van der Waals surface area contributed by atoms with Crippen LogP contribution in [0.1, 0.15) is 0 Å². The molecular weight excluding hydrogens is 168 g/mol. The van der Waals surface area contributed by atoms with Crippen molar-refractivity contribution in [3.63, 3.8) is 0 Å². The molecule has 0 radical (unpaired) electrons. The lowest BCUT2D eigenvalue weighted by Gasteiger charge is -2.08. The summed E-state index contributed by atoms with van der Waals surface area (Å²) in [5.74, 6) is 0. The predicted octanol–water partition coefficient (Wildman–Crippen LogP) is 1.45. The summed E-state index contributed by atoms with van der Waals surface area (Å²) in [6.07, 6.45) is -12.1. The van der Waals surface area contributed by atoms with Crippen LogP contribution >= 0.6 is 0 Å². The maximum atomic E-state index is 10.4. The molecule has 8 heteroatoms. The Morgan fingerprint density at radius 3 is 0.700 bits per heavy atom. The molecule has 0 saturated heterocycles. The van der Waals surface area contributed by atoms with Crippen molar-refractivity contribution in [2.24, 2.45) is 0 Å². The van der Waals surface area contributed by atoms with Gasteiger partial charge in [-0.25, -0.2) is 0 Å². The average molecular weight is 173 g/mol. The van der Waals surface area contributed by atoms with Gasteiger partial charge in [0.1, 0.15) is 0 Å². The highest BCUT2D eigenvalue weighted by Crippen LogP contribution is 2.35. The van der Waals surface area contributed by atoms with Crippen molar-refractivity contribution in [2.45, 2.75) is 12.4 Å². The Bertz CT molecular complexity index is 70.7. The van der Waals surface area contributed by atoms with Crippen LogP contribution in [0.5, 0.6) is 0 Å². The highest BCUT2D eigenvalue weighted by atomic mass is 19.5. The predicted molar refractivity (Wildman–Crippen MR) is 20.7 cm³/mol. The molecule has 0 atom stereocenters. The summed E-state index contributed by atoms with van der Waals surface area (Å²) < 4.78 is 62.6. The molecule has 0 fully saturated rings. The number of halogens is 6. The van der Waals surface area contributed by atoms with Crippen LogP contribution in [-0.2, 0) is 0 Å². The van der Waals surface area contributed by atoms with Gasteiger partial charge in [-0.1, -0.05) is 0 Å². The van der Waals surface area contributed by atoms with E-state index in [0.717, 1.165) is 0 Å². The molecule has 2 nitrogen and oxygen atoms in total. The lowest BCUT2D eigenvalue weighted by Crippen LogP contribution is -2.30. The topological polar surface area (TPSA) is 66.5 Å². The number of hydrogen-bond acceptors (Lipinski definition) is 1. The first-order chi connectivity index (χ1) is 3.25. The van der Waals surface area contributed by atoms with Crippen LogP contribution in [-0.4, -0.2) is 17.8 Å². The summed E-state index contributed by atoms with van der Waals surface area (Å²) in [4.78, 5) is 0. The normalized spacial score (nSPS) is 11.4. The van der Waals surface area contributed by atoms with E-state index in [2.05, 4.69) is 0 Å². The summed E-state index contributed by atoms with van der Waals surface area (Å²) in [7, 11) is 0. The van der Waals surface area contributed by atoms with Crippen LogP contribution < -0.4 is 6.15 Å². The van der Waals surface area contributed by atoms with Crippen molar-refractivity contribution in [3.05, 3.63) is 0 Å². The van der Waals surface area contributed by atoms with Crippen LogP contribution in [0.3, 0.4) is 0 Å². The fourth-order valence-electron chi connectivity index (χ4n) is 0. The lowest BCUT2D eigenvalue weighted by atomic mass is 10.7.